The van der Waals surface area contributed by atoms with Gasteiger partial charge in [0.2, 0.25) is 5.91 Å². The van der Waals surface area contributed by atoms with E-state index in [1.54, 1.807) is 55.5 Å². The van der Waals surface area contributed by atoms with Gasteiger partial charge in [0.05, 0.1) is 42.0 Å². The maximum atomic E-state index is 13.4. The predicted octanol–water partition coefficient (Wildman–Crippen LogP) is 3.71. The number of rotatable bonds is 6. The number of nitrogens with zero attached hydrogens (tertiary/aromatic N) is 1. The number of benzene rings is 3. The first-order valence-electron chi connectivity index (χ1n) is 10.9. The van der Waals surface area contributed by atoms with E-state index >= 15 is 0 Å². The third-order valence-corrected chi connectivity index (χ3v) is 7.32. The lowest BCUT2D eigenvalue weighted by atomic mass is 10.1. The molecule has 0 aromatic heterocycles. The number of anilines is 1. The summed E-state index contributed by atoms with van der Waals surface area (Å²) in [5.74, 6) is 0.855. The molecule has 0 fully saturated rings. The number of fused-ring (bicyclic) bond motifs is 2. The highest BCUT2D eigenvalue weighted by atomic mass is 32.2. The Bertz CT molecular complexity index is 1270. The van der Waals surface area contributed by atoms with Crippen LogP contribution < -0.4 is 19.7 Å². The highest BCUT2D eigenvalue weighted by molar-refractivity contribution is 7.85. The maximum Gasteiger partial charge on any atom is 0.251 e. The fraction of sp³-hybridized carbons (Fsp3) is 0.231. The fourth-order valence-electron chi connectivity index (χ4n) is 3.99. The third kappa shape index (κ3) is 4.54. The van der Waals surface area contributed by atoms with Crippen molar-refractivity contribution in [2.75, 3.05) is 25.7 Å². The monoisotopic (exact) mass is 478 g/mol. The lowest BCUT2D eigenvalue weighted by molar-refractivity contribution is -0.118. The largest absolute Gasteiger partial charge is 0.497 e. The second kappa shape index (κ2) is 10.1. The van der Waals surface area contributed by atoms with Crippen molar-refractivity contribution in [2.24, 2.45) is 0 Å². The molecule has 176 valence electrons. The van der Waals surface area contributed by atoms with Gasteiger partial charge in [0.1, 0.15) is 11.5 Å². The zero-order chi connectivity index (χ0) is 24.2. The third-order valence-electron chi connectivity index (χ3n) is 5.78. The van der Waals surface area contributed by atoms with Gasteiger partial charge in [0.25, 0.3) is 5.91 Å². The molecule has 3 aromatic carbocycles. The minimum absolute atomic E-state index is 0.103. The van der Waals surface area contributed by atoms with Crippen LogP contribution in [0, 0.1) is 0 Å². The molecule has 1 atom stereocenters. The Hall–Kier alpha value is -3.65. The zero-order valence-corrected chi connectivity index (χ0v) is 20.1. The molecule has 1 unspecified atom stereocenters. The summed E-state index contributed by atoms with van der Waals surface area (Å²) in [6.07, 6.45) is 0.156. The van der Waals surface area contributed by atoms with Gasteiger partial charge in [-0.25, -0.2) is 4.21 Å². The first-order valence-corrected chi connectivity index (χ1v) is 12.0. The average Bonchev–Trinajstić information content (AvgIpc) is 2.86. The molecule has 0 saturated heterocycles. The molecule has 8 heteroatoms. The number of hydrogen-bond acceptors (Lipinski definition) is 5. The van der Waals surface area contributed by atoms with Crippen LogP contribution in [0.2, 0.25) is 0 Å². The van der Waals surface area contributed by atoms with E-state index in [0.29, 0.717) is 39.1 Å². The Morgan fingerprint density at radius 3 is 2.56 bits per heavy atom. The number of hydrogen-bond donors (Lipinski definition) is 1. The van der Waals surface area contributed by atoms with E-state index in [0.717, 1.165) is 11.1 Å². The van der Waals surface area contributed by atoms with Crippen LogP contribution in [0.15, 0.2) is 70.5 Å². The molecule has 3 aromatic rings. The normalized spacial score (nSPS) is 15.0. The second-order valence-corrected chi connectivity index (χ2v) is 9.15. The Balaban J connectivity index is 1.64. The zero-order valence-electron chi connectivity index (χ0n) is 19.3. The number of methoxy groups -OCH3 is 2. The fourth-order valence-corrected chi connectivity index (χ4v) is 5.36. The summed E-state index contributed by atoms with van der Waals surface area (Å²) in [6.45, 7) is 2.51. The minimum atomic E-state index is -1.47. The molecule has 0 spiro atoms. The SMILES string of the molecule is CCN1C(=O)Cc2ccccc2S(=O)c2ccc(C(=O)NCc3ccc(OC)cc3OC)cc21. The molecular weight excluding hydrogens is 452 g/mol. The van der Waals surface area contributed by atoms with Gasteiger partial charge in [-0.15, -0.1) is 0 Å². The van der Waals surface area contributed by atoms with Crippen molar-refractivity contribution >= 4 is 28.3 Å². The summed E-state index contributed by atoms with van der Waals surface area (Å²) in [7, 11) is 1.66. The van der Waals surface area contributed by atoms with E-state index in [1.165, 1.54) is 0 Å². The molecule has 0 aliphatic carbocycles. The highest BCUT2D eigenvalue weighted by Crippen LogP contribution is 2.33. The summed E-state index contributed by atoms with van der Waals surface area (Å²) in [5.41, 5.74) is 2.43. The summed E-state index contributed by atoms with van der Waals surface area (Å²) in [4.78, 5) is 28.7. The van der Waals surface area contributed by atoms with Crippen molar-refractivity contribution in [3.8, 4) is 11.5 Å². The molecule has 0 saturated carbocycles. The van der Waals surface area contributed by atoms with Crippen molar-refractivity contribution in [1.82, 2.24) is 5.32 Å². The molecule has 1 aliphatic rings. The molecule has 34 heavy (non-hydrogen) atoms. The number of carbonyl (C=O) groups excluding carboxylic acids is 2. The minimum Gasteiger partial charge on any atom is -0.497 e. The van der Waals surface area contributed by atoms with E-state index in [2.05, 4.69) is 5.32 Å². The number of nitrogens with one attached hydrogen (secondary N) is 1. The number of likely N-dealkylation sites (N-methyl/N-ethyl adjacent to an activating group) is 1. The Labute approximate surface area is 201 Å². The molecule has 1 heterocycles. The van der Waals surface area contributed by atoms with E-state index in [9.17, 15) is 13.8 Å². The van der Waals surface area contributed by atoms with E-state index in [4.69, 9.17) is 9.47 Å². The van der Waals surface area contributed by atoms with E-state index in [-0.39, 0.29) is 24.8 Å². The molecule has 4 rings (SSSR count). The molecule has 2 amide bonds. The van der Waals surface area contributed by atoms with Gasteiger partial charge in [-0.2, -0.15) is 0 Å². The molecular formula is C26H26N2O5S. The lowest BCUT2D eigenvalue weighted by Crippen LogP contribution is -2.34. The number of carbonyl (C=O) groups is 2. The van der Waals surface area contributed by atoms with Crippen LogP contribution in [-0.4, -0.2) is 36.8 Å². The highest BCUT2D eigenvalue weighted by Gasteiger charge is 2.27. The second-order valence-electron chi connectivity index (χ2n) is 7.73. The topological polar surface area (TPSA) is 84.9 Å². The van der Waals surface area contributed by atoms with Crippen LogP contribution in [-0.2, 0) is 28.6 Å². The smallest absolute Gasteiger partial charge is 0.251 e. The van der Waals surface area contributed by atoms with Gasteiger partial charge in [0.15, 0.2) is 0 Å². The summed E-state index contributed by atoms with van der Waals surface area (Å²) in [6, 6.07) is 17.6. The van der Waals surface area contributed by atoms with Crippen molar-refractivity contribution < 1.29 is 23.3 Å². The van der Waals surface area contributed by atoms with Gasteiger partial charge in [-0.3, -0.25) is 9.59 Å². The molecule has 7 nitrogen and oxygen atoms in total. The van der Waals surface area contributed by atoms with Crippen LogP contribution in [0.1, 0.15) is 28.4 Å². The van der Waals surface area contributed by atoms with Gasteiger partial charge in [-0.05, 0) is 48.9 Å². The van der Waals surface area contributed by atoms with Gasteiger partial charge in [-0.1, -0.05) is 18.2 Å². The Morgan fingerprint density at radius 2 is 1.82 bits per heavy atom. The lowest BCUT2D eigenvalue weighted by Gasteiger charge is -2.27. The molecule has 0 radical (unpaired) electrons. The maximum absolute atomic E-state index is 13.4. The van der Waals surface area contributed by atoms with E-state index in [1.807, 2.05) is 31.2 Å². The van der Waals surface area contributed by atoms with Crippen LogP contribution in [0.4, 0.5) is 5.69 Å². The van der Waals surface area contributed by atoms with Gasteiger partial charge < -0.3 is 19.7 Å². The molecule has 1 aliphatic heterocycles. The van der Waals surface area contributed by atoms with Gasteiger partial charge in [0, 0.05) is 35.2 Å². The summed E-state index contributed by atoms with van der Waals surface area (Å²) in [5, 5.41) is 2.89. The van der Waals surface area contributed by atoms with Crippen LogP contribution in [0.25, 0.3) is 0 Å². The average molecular weight is 479 g/mol. The quantitative estimate of drug-likeness (QED) is 0.584. The molecule has 1 N–H and O–H groups in total. The van der Waals surface area contributed by atoms with E-state index < -0.39 is 10.8 Å². The summed E-state index contributed by atoms with van der Waals surface area (Å²) >= 11 is 0. The Kier molecular flexibility index (Phi) is 6.98. The predicted molar refractivity (Wildman–Crippen MR) is 130 cm³/mol. The summed E-state index contributed by atoms with van der Waals surface area (Å²) < 4.78 is 24.0. The van der Waals surface area contributed by atoms with Crippen molar-refractivity contribution in [2.45, 2.75) is 29.7 Å². The number of amides is 2. The van der Waals surface area contributed by atoms with Crippen LogP contribution in [0.5, 0.6) is 11.5 Å². The number of ether oxygens (including phenoxy) is 2. The van der Waals surface area contributed by atoms with Crippen molar-refractivity contribution in [1.29, 1.82) is 0 Å². The first kappa shape index (κ1) is 23.5. The van der Waals surface area contributed by atoms with Crippen LogP contribution in [0.3, 0.4) is 0 Å². The Morgan fingerprint density at radius 1 is 1.03 bits per heavy atom. The first-order chi connectivity index (χ1) is 16.5. The van der Waals surface area contributed by atoms with Crippen molar-refractivity contribution in [3.63, 3.8) is 0 Å². The van der Waals surface area contributed by atoms with Gasteiger partial charge >= 0.3 is 0 Å². The molecule has 0 bridgehead atoms. The van der Waals surface area contributed by atoms with Crippen LogP contribution >= 0.6 is 0 Å². The standard InChI is InChI=1S/C26H26N2O5S/c1-4-28-21-13-18(26(30)27-16-19-9-11-20(32-2)15-22(19)33-3)10-12-24(21)34(31)23-8-6-5-7-17(23)14-25(28)29/h5-13,15H,4,14,16H2,1-3H3,(H,27,30). The van der Waals surface area contributed by atoms with Crippen molar-refractivity contribution in [3.05, 3.63) is 77.4 Å².